The van der Waals surface area contributed by atoms with Gasteiger partial charge in [-0.2, -0.15) is 0 Å². The van der Waals surface area contributed by atoms with Crippen LogP contribution in [0.5, 0.6) is 0 Å². The highest BCUT2D eigenvalue weighted by Crippen LogP contribution is 2.13. The van der Waals surface area contributed by atoms with Gasteiger partial charge in [-0.15, -0.1) is 0 Å². The summed E-state index contributed by atoms with van der Waals surface area (Å²) >= 11 is 0. The van der Waals surface area contributed by atoms with Crippen LogP contribution in [-0.2, 0) is 11.2 Å². The molecule has 0 saturated carbocycles. The van der Waals surface area contributed by atoms with Crippen molar-refractivity contribution in [2.24, 2.45) is 0 Å². The Morgan fingerprint density at radius 1 is 1.32 bits per heavy atom. The fourth-order valence-electron chi connectivity index (χ4n) is 2.00. The second kappa shape index (κ2) is 8.28. The van der Waals surface area contributed by atoms with Crippen LogP contribution in [0.4, 0.5) is 4.39 Å². The third-order valence-corrected chi connectivity index (χ3v) is 3.08. The third-order valence-electron chi connectivity index (χ3n) is 3.08. The summed E-state index contributed by atoms with van der Waals surface area (Å²) in [6.07, 6.45) is 2.21. The Morgan fingerprint density at radius 3 is 2.63 bits per heavy atom. The van der Waals surface area contributed by atoms with E-state index in [0.29, 0.717) is 6.61 Å². The Kier molecular flexibility index (Phi) is 7.03. The van der Waals surface area contributed by atoms with Gasteiger partial charge in [0.25, 0.3) is 0 Å². The highest BCUT2D eigenvalue weighted by Gasteiger charge is 2.12. The molecule has 19 heavy (non-hydrogen) atoms. The van der Waals surface area contributed by atoms with E-state index in [9.17, 15) is 4.39 Å². The van der Waals surface area contributed by atoms with Crippen LogP contribution in [0.1, 0.15) is 38.3 Å². The van der Waals surface area contributed by atoms with Crippen molar-refractivity contribution < 1.29 is 9.13 Å². The molecular formula is C16H26FNO. The van der Waals surface area contributed by atoms with Crippen LogP contribution in [-0.4, -0.2) is 25.3 Å². The Labute approximate surface area is 116 Å². The van der Waals surface area contributed by atoms with E-state index in [1.165, 1.54) is 11.6 Å². The average Bonchev–Trinajstić information content (AvgIpc) is 2.35. The molecule has 0 saturated heterocycles. The van der Waals surface area contributed by atoms with Crippen molar-refractivity contribution >= 4 is 0 Å². The molecule has 108 valence electrons. The SMILES string of the molecule is CCCNC(COC(C)C)Cc1ccc(F)cc1C. The minimum absolute atomic E-state index is 0.169. The maximum absolute atomic E-state index is 13.1. The van der Waals surface area contributed by atoms with Gasteiger partial charge in [-0.25, -0.2) is 4.39 Å². The number of aryl methyl sites for hydroxylation is 1. The summed E-state index contributed by atoms with van der Waals surface area (Å²) < 4.78 is 18.8. The number of halogens is 1. The van der Waals surface area contributed by atoms with Gasteiger partial charge in [-0.1, -0.05) is 13.0 Å². The second-order valence-corrected chi connectivity index (χ2v) is 5.31. The molecule has 0 bridgehead atoms. The maximum atomic E-state index is 13.1. The van der Waals surface area contributed by atoms with Crippen LogP contribution in [0.2, 0.25) is 0 Å². The molecule has 1 atom stereocenters. The van der Waals surface area contributed by atoms with Gasteiger partial charge >= 0.3 is 0 Å². The van der Waals surface area contributed by atoms with Crippen molar-refractivity contribution in [3.05, 3.63) is 35.1 Å². The maximum Gasteiger partial charge on any atom is 0.123 e. The number of ether oxygens (including phenoxy) is 1. The van der Waals surface area contributed by atoms with Gasteiger partial charge in [0.05, 0.1) is 12.7 Å². The zero-order chi connectivity index (χ0) is 14.3. The normalized spacial score (nSPS) is 12.9. The minimum Gasteiger partial charge on any atom is -0.377 e. The topological polar surface area (TPSA) is 21.3 Å². The van der Waals surface area contributed by atoms with Gasteiger partial charge in [-0.3, -0.25) is 0 Å². The highest BCUT2D eigenvalue weighted by molar-refractivity contribution is 5.27. The Morgan fingerprint density at radius 2 is 2.05 bits per heavy atom. The van der Waals surface area contributed by atoms with Gasteiger partial charge in [0.2, 0.25) is 0 Å². The first-order chi connectivity index (χ1) is 9.02. The van der Waals surface area contributed by atoms with E-state index >= 15 is 0 Å². The molecule has 1 aromatic rings. The molecule has 0 amide bonds. The lowest BCUT2D eigenvalue weighted by atomic mass is 10.0. The first-order valence-corrected chi connectivity index (χ1v) is 7.13. The van der Waals surface area contributed by atoms with Gasteiger partial charge < -0.3 is 10.1 Å². The number of hydrogen-bond donors (Lipinski definition) is 1. The van der Waals surface area contributed by atoms with Crippen molar-refractivity contribution in [2.75, 3.05) is 13.2 Å². The summed E-state index contributed by atoms with van der Waals surface area (Å²) in [6.45, 7) is 9.86. The lowest BCUT2D eigenvalue weighted by Crippen LogP contribution is -2.37. The smallest absolute Gasteiger partial charge is 0.123 e. The highest BCUT2D eigenvalue weighted by atomic mass is 19.1. The predicted octanol–water partition coefficient (Wildman–Crippen LogP) is 3.47. The summed E-state index contributed by atoms with van der Waals surface area (Å²) in [5, 5.41) is 3.50. The average molecular weight is 267 g/mol. The zero-order valence-corrected chi connectivity index (χ0v) is 12.5. The van der Waals surface area contributed by atoms with E-state index in [1.807, 2.05) is 26.8 Å². The molecule has 2 nitrogen and oxygen atoms in total. The van der Waals surface area contributed by atoms with Crippen molar-refractivity contribution in [1.82, 2.24) is 5.32 Å². The molecule has 0 spiro atoms. The van der Waals surface area contributed by atoms with Crippen molar-refractivity contribution in [3.63, 3.8) is 0 Å². The van der Waals surface area contributed by atoms with Crippen LogP contribution in [0.3, 0.4) is 0 Å². The molecule has 1 unspecified atom stereocenters. The van der Waals surface area contributed by atoms with Gasteiger partial charge in [0.15, 0.2) is 0 Å². The summed E-state index contributed by atoms with van der Waals surface area (Å²) in [5.74, 6) is -0.169. The largest absolute Gasteiger partial charge is 0.377 e. The number of benzene rings is 1. The van der Waals surface area contributed by atoms with E-state index in [-0.39, 0.29) is 18.0 Å². The number of hydrogen-bond acceptors (Lipinski definition) is 2. The van der Waals surface area contributed by atoms with Gasteiger partial charge in [0, 0.05) is 6.04 Å². The Bertz CT molecular complexity index is 379. The fraction of sp³-hybridized carbons (Fsp3) is 0.625. The predicted molar refractivity (Wildman–Crippen MR) is 78.0 cm³/mol. The fourth-order valence-corrected chi connectivity index (χ4v) is 2.00. The molecule has 0 fully saturated rings. The third kappa shape index (κ3) is 6.17. The van der Waals surface area contributed by atoms with Crippen LogP contribution in [0, 0.1) is 12.7 Å². The van der Waals surface area contributed by atoms with Crippen LogP contribution >= 0.6 is 0 Å². The molecule has 1 rings (SSSR count). The lowest BCUT2D eigenvalue weighted by Gasteiger charge is -2.21. The van der Waals surface area contributed by atoms with Crippen LogP contribution in [0.15, 0.2) is 18.2 Å². The Balaban J connectivity index is 2.63. The summed E-state index contributed by atoms with van der Waals surface area (Å²) in [5.41, 5.74) is 2.19. The summed E-state index contributed by atoms with van der Waals surface area (Å²) in [6, 6.07) is 5.28. The molecular weight excluding hydrogens is 241 g/mol. The van der Waals surface area contributed by atoms with Crippen molar-refractivity contribution in [1.29, 1.82) is 0 Å². The van der Waals surface area contributed by atoms with Gasteiger partial charge in [0.1, 0.15) is 5.82 Å². The Hall–Kier alpha value is -0.930. The lowest BCUT2D eigenvalue weighted by molar-refractivity contribution is 0.0613. The second-order valence-electron chi connectivity index (χ2n) is 5.31. The summed E-state index contributed by atoms with van der Waals surface area (Å²) in [4.78, 5) is 0. The molecule has 1 aromatic carbocycles. The van der Waals surface area contributed by atoms with E-state index in [2.05, 4.69) is 12.2 Å². The molecule has 0 aliphatic rings. The molecule has 0 aliphatic carbocycles. The van der Waals surface area contributed by atoms with Crippen LogP contribution in [0.25, 0.3) is 0 Å². The van der Waals surface area contributed by atoms with E-state index in [1.54, 1.807) is 6.07 Å². The molecule has 0 aromatic heterocycles. The van der Waals surface area contributed by atoms with E-state index in [0.717, 1.165) is 24.9 Å². The van der Waals surface area contributed by atoms with Crippen molar-refractivity contribution in [2.45, 2.75) is 52.7 Å². The van der Waals surface area contributed by atoms with Gasteiger partial charge in [-0.05, 0) is 63.4 Å². The molecule has 3 heteroatoms. The molecule has 0 aliphatic heterocycles. The van der Waals surface area contributed by atoms with Crippen LogP contribution < -0.4 is 5.32 Å². The summed E-state index contributed by atoms with van der Waals surface area (Å²) in [7, 11) is 0. The molecule has 1 N–H and O–H groups in total. The monoisotopic (exact) mass is 267 g/mol. The number of nitrogens with one attached hydrogen (secondary N) is 1. The first kappa shape index (κ1) is 16.1. The van der Waals surface area contributed by atoms with Crippen molar-refractivity contribution in [3.8, 4) is 0 Å². The zero-order valence-electron chi connectivity index (χ0n) is 12.5. The number of rotatable bonds is 8. The molecule has 0 heterocycles. The quantitative estimate of drug-likeness (QED) is 0.778. The molecule has 0 radical (unpaired) electrons. The minimum atomic E-state index is -0.169. The van der Waals surface area contributed by atoms with E-state index < -0.39 is 0 Å². The standard InChI is InChI=1S/C16H26FNO/c1-5-8-18-16(11-19-12(2)3)10-14-6-7-15(17)9-13(14)4/h6-7,9,12,16,18H,5,8,10-11H2,1-4H3. The van der Waals surface area contributed by atoms with E-state index in [4.69, 9.17) is 4.74 Å². The first-order valence-electron chi connectivity index (χ1n) is 7.13.